The molecule has 3 amide bonds. The second-order valence-corrected chi connectivity index (χ2v) is 7.92. The summed E-state index contributed by atoms with van der Waals surface area (Å²) in [6.07, 6.45) is 1.82. The molecule has 2 atom stereocenters. The average molecular weight is 392 g/mol. The molecule has 0 aliphatic carbocycles. The number of halogens is 1. The number of hydrogen-bond acceptors (Lipinski definition) is 4. The minimum absolute atomic E-state index is 0.108. The van der Waals surface area contributed by atoms with Crippen LogP contribution in [0.3, 0.4) is 0 Å². The Bertz CT molecular complexity index is 851. The maximum atomic E-state index is 12.8. The molecule has 26 heavy (non-hydrogen) atoms. The number of nitrogens with zero attached hydrogens (tertiary/aromatic N) is 4. The van der Waals surface area contributed by atoms with E-state index in [0.29, 0.717) is 22.6 Å². The van der Waals surface area contributed by atoms with E-state index in [2.05, 4.69) is 11.6 Å². The molecule has 3 rings (SSSR count). The van der Waals surface area contributed by atoms with Crippen molar-refractivity contribution in [3.63, 3.8) is 0 Å². The molecular weight excluding hydrogens is 372 g/mol. The van der Waals surface area contributed by atoms with E-state index in [4.69, 9.17) is 11.6 Å². The molecule has 136 valence electrons. The fourth-order valence-corrected chi connectivity index (χ4v) is 3.93. The van der Waals surface area contributed by atoms with Crippen molar-refractivity contribution in [2.45, 2.75) is 24.8 Å². The highest BCUT2D eigenvalue weighted by atomic mass is 35.5. The highest BCUT2D eigenvalue weighted by Gasteiger charge is 2.53. The molecule has 1 aromatic carbocycles. The van der Waals surface area contributed by atoms with Crippen LogP contribution in [0.1, 0.15) is 12.5 Å². The monoisotopic (exact) mass is 391 g/mol. The van der Waals surface area contributed by atoms with E-state index >= 15 is 0 Å². The van der Waals surface area contributed by atoms with Gasteiger partial charge in [-0.25, -0.2) is 9.37 Å². The Morgan fingerprint density at radius 2 is 2.04 bits per heavy atom. The topological polar surface area (TPSA) is 56.0 Å². The van der Waals surface area contributed by atoms with E-state index in [-0.39, 0.29) is 17.2 Å². The first-order valence-corrected chi connectivity index (χ1v) is 9.41. The Morgan fingerprint density at radius 3 is 2.69 bits per heavy atom. The molecule has 0 spiro atoms. The molecule has 1 aromatic rings. The standard InChI is InChI=1S/C18H20ClN4O2S/c1-5-11(2)26-17-20-15-14(16(24)22(4)18(25)21(15)3)23(17)10-12-8-6-7-9-13(12)19/h5-9,11,14H,1,10H2,2-4H3/q+1. The lowest BCUT2D eigenvalue weighted by Gasteiger charge is -2.30. The molecular formula is C18H20ClN4O2S+. The van der Waals surface area contributed by atoms with Crippen LogP contribution in [0.15, 0.2) is 41.9 Å². The van der Waals surface area contributed by atoms with Gasteiger partial charge in [0.1, 0.15) is 6.54 Å². The molecule has 0 saturated carbocycles. The molecule has 1 saturated heterocycles. The number of aliphatic imine (C=N–C) groups is 1. The van der Waals surface area contributed by atoms with Gasteiger partial charge in [0.25, 0.3) is 17.8 Å². The van der Waals surface area contributed by atoms with Crippen molar-refractivity contribution in [2.75, 3.05) is 14.1 Å². The van der Waals surface area contributed by atoms with Gasteiger partial charge in [0.05, 0.1) is 0 Å². The number of hydrogen-bond donors (Lipinski definition) is 0. The van der Waals surface area contributed by atoms with E-state index < -0.39 is 6.04 Å². The lowest BCUT2D eigenvalue weighted by Crippen LogP contribution is -2.61. The smallest absolute Gasteiger partial charge is 0.269 e. The van der Waals surface area contributed by atoms with Crippen molar-refractivity contribution >= 4 is 46.3 Å². The van der Waals surface area contributed by atoms with E-state index in [0.717, 1.165) is 10.5 Å². The van der Waals surface area contributed by atoms with Crippen LogP contribution in [0.25, 0.3) is 0 Å². The van der Waals surface area contributed by atoms with Crippen molar-refractivity contribution < 1.29 is 14.2 Å². The molecule has 0 aromatic heterocycles. The number of amidine groups is 2. The fourth-order valence-electron chi connectivity index (χ4n) is 2.85. The lowest BCUT2D eigenvalue weighted by molar-refractivity contribution is -0.548. The van der Waals surface area contributed by atoms with E-state index in [1.54, 1.807) is 7.05 Å². The van der Waals surface area contributed by atoms with Crippen molar-refractivity contribution in [2.24, 2.45) is 4.99 Å². The second kappa shape index (κ2) is 7.25. The Balaban J connectivity index is 2.05. The van der Waals surface area contributed by atoms with Gasteiger partial charge in [-0.1, -0.05) is 35.9 Å². The summed E-state index contributed by atoms with van der Waals surface area (Å²) in [6.45, 7) is 6.23. The maximum Gasteiger partial charge on any atom is 0.358 e. The minimum atomic E-state index is -0.640. The van der Waals surface area contributed by atoms with Crippen LogP contribution in [0, 0.1) is 0 Å². The molecule has 6 nitrogen and oxygen atoms in total. The van der Waals surface area contributed by atoms with E-state index in [9.17, 15) is 9.59 Å². The van der Waals surface area contributed by atoms with Crippen LogP contribution in [-0.2, 0) is 11.3 Å². The summed E-state index contributed by atoms with van der Waals surface area (Å²) < 4.78 is 1.91. The molecule has 2 aliphatic heterocycles. The summed E-state index contributed by atoms with van der Waals surface area (Å²) >= 11 is 7.82. The molecule has 0 bridgehead atoms. The van der Waals surface area contributed by atoms with Gasteiger partial charge >= 0.3 is 11.2 Å². The van der Waals surface area contributed by atoms with Crippen LogP contribution in [-0.4, -0.2) is 62.7 Å². The Labute approximate surface area is 161 Å². The third-order valence-electron chi connectivity index (χ3n) is 4.42. The van der Waals surface area contributed by atoms with E-state index in [1.807, 2.05) is 41.8 Å². The summed E-state index contributed by atoms with van der Waals surface area (Å²) in [6, 6.07) is 6.49. The zero-order valence-corrected chi connectivity index (χ0v) is 16.4. The van der Waals surface area contributed by atoms with E-state index in [1.165, 1.54) is 23.7 Å². The van der Waals surface area contributed by atoms with Crippen molar-refractivity contribution in [1.82, 2.24) is 9.80 Å². The number of rotatable bonds is 4. The molecule has 8 heteroatoms. The maximum absolute atomic E-state index is 12.8. The first-order chi connectivity index (χ1) is 12.3. The molecule has 2 heterocycles. The lowest BCUT2D eigenvalue weighted by atomic mass is 10.1. The van der Waals surface area contributed by atoms with Gasteiger partial charge in [0, 0.05) is 29.9 Å². The highest BCUT2D eigenvalue weighted by molar-refractivity contribution is 8.14. The quantitative estimate of drug-likeness (QED) is 0.585. The molecule has 1 fully saturated rings. The number of amides is 3. The third-order valence-corrected chi connectivity index (χ3v) is 5.89. The van der Waals surface area contributed by atoms with Crippen molar-refractivity contribution in [3.8, 4) is 0 Å². The number of thioether (sulfide) groups is 1. The Hall–Kier alpha value is -2.12. The SMILES string of the molecule is C=CC(C)SC1=[N+](Cc2ccccc2Cl)C2C(=O)N(C)C(=O)N(C)C2=N1. The minimum Gasteiger partial charge on any atom is -0.269 e. The highest BCUT2D eigenvalue weighted by Crippen LogP contribution is 2.27. The zero-order chi connectivity index (χ0) is 19.0. The largest absolute Gasteiger partial charge is 0.358 e. The number of likely N-dealkylation sites (N-methyl/N-ethyl adjacent to an activating group) is 2. The summed E-state index contributed by atoms with van der Waals surface area (Å²) in [4.78, 5) is 32.3. The number of carbonyl (C=O) groups is 2. The number of carbonyl (C=O) groups excluding carboxylic acids is 2. The Kier molecular flexibility index (Phi) is 5.20. The van der Waals surface area contributed by atoms with Crippen LogP contribution in [0.2, 0.25) is 5.02 Å². The van der Waals surface area contributed by atoms with Crippen LogP contribution >= 0.6 is 23.4 Å². The number of urea groups is 1. The van der Waals surface area contributed by atoms with Crippen LogP contribution < -0.4 is 0 Å². The van der Waals surface area contributed by atoms with Gasteiger partial charge in [0.2, 0.25) is 0 Å². The van der Waals surface area contributed by atoms with Crippen molar-refractivity contribution in [1.29, 1.82) is 0 Å². The van der Waals surface area contributed by atoms with Gasteiger partial charge in [-0.05, 0) is 29.7 Å². The predicted octanol–water partition coefficient (Wildman–Crippen LogP) is 2.82. The normalized spacial score (nSPS) is 21.1. The first-order valence-electron chi connectivity index (χ1n) is 8.15. The first kappa shape index (κ1) is 18.7. The summed E-state index contributed by atoms with van der Waals surface area (Å²) in [5, 5.41) is 1.42. The predicted molar refractivity (Wildman–Crippen MR) is 105 cm³/mol. The second-order valence-electron chi connectivity index (χ2n) is 6.17. The van der Waals surface area contributed by atoms with Crippen LogP contribution in [0.4, 0.5) is 4.79 Å². The average Bonchev–Trinajstić information content (AvgIpc) is 2.98. The summed E-state index contributed by atoms with van der Waals surface area (Å²) in [5.41, 5.74) is 0.893. The zero-order valence-electron chi connectivity index (χ0n) is 14.8. The number of benzene rings is 1. The Morgan fingerprint density at radius 1 is 1.35 bits per heavy atom. The summed E-state index contributed by atoms with van der Waals surface area (Å²) in [7, 11) is 3.12. The molecule has 0 N–H and O–H groups in total. The van der Waals surface area contributed by atoms with Gasteiger partial charge < -0.3 is 0 Å². The molecule has 2 aliphatic rings. The summed E-state index contributed by atoms with van der Waals surface area (Å²) in [5.74, 6) is 0.157. The van der Waals surface area contributed by atoms with Crippen LogP contribution in [0.5, 0.6) is 0 Å². The van der Waals surface area contributed by atoms with Gasteiger partial charge in [-0.2, -0.15) is 0 Å². The fraction of sp³-hybridized carbons (Fsp3) is 0.333. The van der Waals surface area contributed by atoms with Crippen molar-refractivity contribution in [3.05, 3.63) is 47.5 Å². The molecule has 0 radical (unpaired) electrons. The molecule has 2 unspecified atom stereocenters. The third kappa shape index (κ3) is 3.17. The van der Waals surface area contributed by atoms with Gasteiger partial charge in [0.15, 0.2) is 0 Å². The van der Waals surface area contributed by atoms with Gasteiger partial charge in [-0.15, -0.1) is 6.58 Å². The number of imide groups is 1. The number of fused-ring (bicyclic) bond motifs is 1. The van der Waals surface area contributed by atoms with Gasteiger partial charge in [-0.3, -0.25) is 14.6 Å².